The number of nitrogens with one attached hydrogen (secondary N) is 1. The summed E-state index contributed by atoms with van der Waals surface area (Å²) in [5, 5.41) is 16.7. The fourth-order valence-corrected chi connectivity index (χ4v) is 16.1. The number of hydrogen-bond donors (Lipinski definition) is 1. The van der Waals surface area contributed by atoms with E-state index >= 15 is 0 Å². The molecule has 16 rings (SSSR count). The zero-order valence-corrected chi connectivity index (χ0v) is 51.4. The summed E-state index contributed by atoms with van der Waals surface area (Å²) in [7, 11) is 0. The van der Waals surface area contributed by atoms with Crippen LogP contribution in [0, 0.1) is 0 Å². The Balaban J connectivity index is 1.01. The fourth-order valence-electron chi connectivity index (χ4n) is 16.1. The second-order valence-corrected chi connectivity index (χ2v) is 25.4. The van der Waals surface area contributed by atoms with Crippen LogP contribution in [0.5, 0.6) is 0 Å². The Morgan fingerprint density at radius 2 is 0.886 bits per heavy atom. The Labute approximate surface area is 517 Å². The lowest BCUT2D eigenvalue weighted by Crippen LogP contribution is -2.14. The van der Waals surface area contributed by atoms with Gasteiger partial charge in [0.15, 0.2) is 11.2 Å². The van der Waals surface area contributed by atoms with Gasteiger partial charge in [0, 0.05) is 55.0 Å². The number of rotatable bonds is 14. The Bertz CT molecular complexity index is 4980. The minimum atomic E-state index is 0.381. The van der Waals surface area contributed by atoms with E-state index in [-0.39, 0.29) is 0 Å². The number of fused-ring (bicyclic) bond motifs is 6. The first-order chi connectivity index (χ1) is 43.5. The number of para-hydroxylation sites is 3. The van der Waals surface area contributed by atoms with Gasteiger partial charge in [-0.2, -0.15) is 0 Å². The molecule has 0 saturated heterocycles. The van der Waals surface area contributed by atoms with Crippen molar-refractivity contribution in [3.8, 4) is 33.4 Å². The third kappa shape index (κ3) is 8.99. The zero-order valence-electron chi connectivity index (χ0n) is 51.4. The maximum Gasteiger partial charge on any atom is 0.159 e. The lowest BCUT2D eigenvalue weighted by Gasteiger charge is -2.32. The van der Waals surface area contributed by atoms with Gasteiger partial charge < -0.3 is 19.1 Å². The van der Waals surface area contributed by atoms with Gasteiger partial charge in [-0.05, 0) is 189 Å². The molecule has 0 unspecified atom stereocenters. The largest absolute Gasteiger partial charge is 0.453 e. The molecule has 2 heterocycles. The third-order valence-corrected chi connectivity index (χ3v) is 20.5. The first kappa shape index (κ1) is 54.3. The summed E-state index contributed by atoms with van der Waals surface area (Å²) < 4.78 is 14.9. The lowest BCUT2D eigenvalue weighted by molar-refractivity contribution is 0.445. The van der Waals surface area contributed by atoms with Crippen molar-refractivity contribution in [3.63, 3.8) is 0 Å². The van der Waals surface area contributed by atoms with Crippen LogP contribution in [0.3, 0.4) is 0 Å². The third-order valence-electron chi connectivity index (χ3n) is 20.5. The number of furan rings is 2. The molecule has 4 nitrogen and oxygen atoms in total. The molecule has 0 atom stereocenters. The van der Waals surface area contributed by atoms with Gasteiger partial charge in [-0.15, -0.1) is 0 Å². The Kier molecular flexibility index (Phi) is 13.9. The summed E-state index contributed by atoms with van der Waals surface area (Å²) in [5.41, 5.74) is 24.4. The highest BCUT2D eigenvalue weighted by molar-refractivity contribution is 6.31. The minimum absolute atomic E-state index is 0.381. The van der Waals surface area contributed by atoms with Gasteiger partial charge in [-0.3, -0.25) is 0 Å². The van der Waals surface area contributed by atoms with Gasteiger partial charge in [-0.1, -0.05) is 218 Å². The number of aryl methyl sites for hydroxylation is 4. The summed E-state index contributed by atoms with van der Waals surface area (Å²) in [4.78, 5) is 2.58. The highest BCUT2D eigenvalue weighted by Crippen LogP contribution is 2.55. The molecule has 2 fully saturated rings. The van der Waals surface area contributed by atoms with Crippen LogP contribution >= 0.6 is 0 Å². The van der Waals surface area contributed by atoms with Gasteiger partial charge in [0.1, 0.15) is 11.2 Å². The average Bonchev–Trinajstić information content (AvgIpc) is 0.931. The highest BCUT2D eigenvalue weighted by Gasteiger charge is 2.31. The van der Waals surface area contributed by atoms with Crippen LogP contribution in [0.15, 0.2) is 209 Å². The number of anilines is 5. The molecule has 2 saturated carbocycles. The van der Waals surface area contributed by atoms with Crippen LogP contribution in [0.1, 0.15) is 137 Å². The maximum atomic E-state index is 7.48. The summed E-state index contributed by atoms with van der Waals surface area (Å²) >= 11 is 0. The molecule has 2 aromatic heterocycles. The highest BCUT2D eigenvalue weighted by atomic mass is 16.3. The van der Waals surface area contributed by atoms with E-state index in [1.165, 1.54) is 139 Å². The molecule has 0 aliphatic heterocycles. The SMILES string of the molecule is CCc1cccc(Nc2c(-c3cc4c(C5CCCCC5)cc(N(c5cccc(CC)c5)c5cccc6c5oc5c(-c7ccccc7CC)cccc56)c5ccc6c(C7CCCCC7)ccc3c6c45)ccc3c2oc2c(-c4ccccc4CC)cccc23)c1. The molecule has 1 N–H and O–H groups in total. The van der Waals surface area contributed by atoms with E-state index < -0.39 is 0 Å². The van der Waals surface area contributed by atoms with Gasteiger partial charge in [0.05, 0.1) is 17.1 Å². The molecule has 0 spiro atoms. The molecule has 2 aliphatic rings. The van der Waals surface area contributed by atoms with E-state index in [1.54, 1.807) is 0 Å². The van der Waals surface area contributed by atoms with Crippen molar-refractivity contribution >= 4 is 105 Å². The van der Waals surface area contributed by atoms with E-state index in [2.05, 4.69) is 238 Å². The van der Waals surface area contributed by atoms with Crippen LogP contribution in [0.4, 0.5) is 28.4 Å². The Hall–Kier alpha value is -9.12. The van der Waals surface area contributed by atoms with Crippen LogP contribution < -0.4 is 10.2 Å². The monoisotopic (exact) mass is 1140 g/mol. The van der Waals surface area contributed by atoms with E-state index in [4.69, 9.17) is 8.83 Å². The number of hydrogen-bond acceptors (Lipinski definition) is 4. The van der Waals surface area contributed by atoms with E-state index in [9.17, 15) is 0 Å². The van der Waals surface area contributed by atoms with Crippen molar-refractivity contribution in [2.24, 2.45) is 0 Å². The van der Waals surface area contributed by atoms with Crippen molar-refractivity contribution in [2.45, 2.75) is 129 Å². The van der Waals surface area contributed by atoms with Crippen LogP contribution in [-0.2, 0) is 25.7 Å². The van der Waals surface area contributed by atoms with Gasteiger partial charge in [-0.25, -0.2) is 0 Å². The van der Waals surface area contributed by atoms with Gasteiger partial charge >= 0.3 is 0 Å². The second kappa shape index (κ2) is 22.5. The topological polar surface area (TPSA) is 41.5 Å². The predicted molar refractivity (Wildman–Crippen MR) is 375 cm³/mol. The smallest absolute Gasteiger partial charge is 0.159 e. The van der Waals surface area contributed by atoms with Gasteiger partial charge in [0.2, 0.25) is 0 Å². The van der Waals surface area contributed by atoms with Gasteiger partial charge in [0.25, 0.3) is 0 Å². The predicted octanol–water partition coefficient (Wildman–Crippen LogP) is 24.9. The van der Waals surface area contributed by atoms with Crippen molar-refractivity contribution in [3.05, 3.63) is 234 Å². The average molecular weight is 1150 g/mol. The van der Waals surface area contributed by atoms with E-state index in [0.29, 0.717) is 11.8 Å². The molecule has 2 aliphatic carbocycles. The minimum Gasteiger partial charge on any atom is -0.453 e. The van der Waals surface area contributed by atoms with Crippen molar-refractivity contribution in [2.75, 3.05) is 10.2 Å². The zero-order chi connectivity index (χ0) is 59.0. The molecule has 88 heavy (non-hydrogen) atoms. The molecule has 0 amide bonds. The molecule has 434 valence electrons. The van der Waals surface area contributed by atoms with Crippen molar-refractivity contribution in [1.82, 2.24) is 0 Å². The lowest BCUT2D eigenvalue weighted by atomic mass is 9.76. The fraction of sp³-hybridized carbons (Fsp3) is 0.238. The summed E-state index contributed by atoms with van der Waals surface area (Å²) in [6.45, 7) is 9.02. The van der Waals surface area contributed by atoms with E-state index in [0.717, 1.165) is 122 Å². The molecule has 0 radical (unpaired) electrons. The molecular formula is C84H76N2O2. The van der Waals surface area contributed by atoms with Crippen molar-refractivity contribution in [1.29, 1.82) is 0 Å². The molecule has 14 aromatic rings. The quantitative estimate of drug-likeness (QED) is 0.110. The summed E-state index contributed by atoms with van der Waals surface area (Å²) in [5.74, 6) is 0.889. The van der Waals surface area contributed by atoms with Crippen LogP contribution in [0.2, 0.25) is 0 Å². The summed E-state index contributed by atoms with van der Waals surface area (Å²) in [6, 6.07) is 76.2. The number of nitrogens with zero attached hydrogens (tertiary/aromatic N) is 1. The molecule has 0 bridgehead atoms. The second-order valence-electron chi connectivity index (χ2n) is 25.4. The molecular weight excluding hydrogens is 1070 g/mol. The van der Waals surface area contributed by atoms with Crippen LogP contribution in [0.25, 0.3) is 110 Å². The first-order valence-electron chi connectivity index (χ1n) is 33.1. The maximum absolute atomic E-state index is 7.48. The van der Waals surface area contributed by atoms with Crippen molar-refractivity contribution < 1.29 is 8.83 Å². The Morgan fingerprint density at radius 3 is 1.56 bits per heavy atom. The van der Waals surface area contributed by atoms with E-state index in [1.807, 2.05) is 0 Å². The molecule has 4 heteroatoms. The number of benzene rings is 12. The van der Waals surface area contributed by atoms with Crippen LogP contribution in [-0.4, -0.2) is 0 Å². The Morgan fingerprint density at radius 1 is 0.352 bits per heavy atom. The normalized spacial score (nSPS) is 14.5. The first-order valence-corrected chi connectivity index (χ1v) is 33.1. The molecule has 12 aromatic carbocycles. The standard InChI is InChI=1S/C84H76N2O2/c1-5-52-24-19-32-58(48-52)85-80-65(45-46-71-69-39-22-37-67(82(69)88-84(71)80)61-35-18-16-27-55(61)8-4)74-50-75-73(57-30-13-10-14-31-57)51-77(72-47-44-63-62(56-28-11-9-12-29-56)42-43-64(74)78(63)79(72)75)86(59-33-20-25-53(6-2)49-59)76-41-23-40-70-68-38-21-36-66(81(68)87-83(70)76)60-34-17-15-26-54(60)7-3/h15-27,32-51,56-57,85H,5-14,28-31H2,1-4H3. The summed E-state index contributed by atoms with van der Waals surface area (Å²) in [6.07, 6.45) is 16.1.